The number of hydrogen-bond donors (Lipinski definition) is 1. The second kappa shape index (κ2) is 6.97. The average molecular weight is 295 g/mol. The predicted molar refractivity (Wildman–Crippen MR) is 72.4 cm³/mol. The van der Waals surface area contributed by atoms with Gasteiger partial charge in [0.05, 0.1) is 11.6 Å². The van der Waals surface area contributed by atoms with Crippen molar-refractivity contribution in [2.75, 3.05) is 11.9 Å². The zero-order valence-electron chi connectivity index (χ0n) is 11.3. The summed E-state index contributed by atoms with van der Waals surface area (Å²) < 4.78 is 30.9. The van der Waals surface area contributed by atoms with E-state index in [2.05, 4.69) is 5.32 Å². The number of nitrogens with one attached hydrogen (secondary N) is 1. The summed E-state index contributed by atoms with van der Waals surface area (Å²) in [6.45, 7) is -0.490. The quantitative estimate of drug-likeness (QED) is 0.686. The number of carbonyl (C=O) groups is 2. The van der Waals surface area contributed by atoms with Crippen LogP contribution in [0.2, 0.25) is 0 Å². The molecule has 0 heterocycles. The number of rotatable bonds is 4. The summed E-state index contributed by atoms with van der Waals surface area (Å²) in [7, 11) is 0. The second-order valence-electron chi connectivity index (χ2n) is 4.76. The van der Waals surface area contributed by atoms with Crippen LogP contribution >= 0.6 is 0 Å². The molecule has 1 aromatic rings. The Labute approximate surface area is 120 Å². The number of anilines is 1. The molecule has 0 aliphatic heterocycles. The molecule has 1 atom stereocenters. The lowest BCUT2D eigenvalue weighted by Gasteiger charge is -2.16. The molecule has 0 spiro atoms. The highest BCUT2D eigenvalue weighted by molar-refractivity contribution is 5.93. The summed E-state index contributed by atoms with van der Waals surface area (Å²) in [6.07, 6.45) is 6.01. The summed E-state index contributed by atoms with van der Waals surface area (Å²) >= 11 is 0. The molecule has 0 fully saturated rings. The van der Waals surface area contributed by atoms with Gasteiger partial charge < -0.3 is 10.1 Å². The van der Waals surface area contributed by atoms with Crippen molar-refractivity contribution in [3.05, 3.63) is 42.0 Å². The maximum absolute atomic E-state index is 13.3. The van der Waals surface area contributed by atoms with Crippen LogP contribution in [0.25, 0.3) is 0 Å². The summed E-state index contributed by atoms with van der Waals surface area (Å²) in [6, 6.07) is 2.80. The maximum atomic E-state index is 13.3. The number of esters is 1. The van der Waals surface area contributed by atoms with E-state index in [1.807, 2.05) is 12.2 Å². The van der Waals surface area contributed by atoms with Gasteiger partial charge in [-0.25, -0.2) is 8.78 Å². The highest BCUT2D eigenvalue weighted by Gasteiger charge is 2.21. The Morgan fingerprint density at radius 1 is 1.29 bits per heavy atom. The number of ether oxygens (including phenoxy) is 1. The van der Waals surface area contributed by atoms with Crippen molar-refractivity contribution in [2.24, 2.45) is 5.92 Å². The summed E-state index contributed by atoms with van der Waals surface area (Å²) in [5, 5.41) is 2.22. The van der Waals surface area contributed by atoms with Gasteiger partial charge in [-0.05, 0) is 31.4 Å². The Bertz CT molecular complexity index is 572. The first kappa shape index (κ1) is 15.2. The van der Waals surface area contributed by atoms with E-state index >= 15 is 0 Å². The standard InChI is InChI=1S/C15H15F2NO3/c16-11-6-7-13(12(17)8-11)18-14(19)9-21-15(20)10-4-2-1-3-5-10/h1-2,6-8,10H,3-5,9H2,(H,18,19)/t10-/m0/s1. The van der Waals surface area contributed by atoms with Gasteiger partial charge in [0.25, 0.3) is 5.91 Å². The van der Waals surface area contributed by atoms with Gasteiger partial charge in [-0.1, -0.05) is 12.2 Å². The molecule has 2 rings (SSSR count). The normalized spacial score (nSPS) is 17.3. The number of hydrogen-bond acceptors (Lipinski definition) is 3. The maximum Gasteiger partial charge on any atom is 0.309 e. The molecule has 0 unspecified atom stereocenters. The molecular formula is C15H15F2NO3. The first-order valence-corrected chi connectivity index (χ1v) is 6.63. The van der Waals surface area contributed by atoms with Gasteiger partial charge in [-0.2, -0.15) is 0 Å². The molecule has 4 nitrogen and oxygen atoms in total. The summed E-state index contributed by atoms with van der Waals surface area (Å²) in [5.74, 6) is -2.95. The lowest BCUT2D eigenvalue weighted by molar-refractivity contribution is -0.151. The molecule has 6 heteroatoms. The Morgan fingerprint density at radius 3 is 2.76 bits per heavy atom. The van der Waals surface area contributed by atoms with E-state index in [1.165, 1.54) is 0 Å². The highest BCUT2D eigenvalue weighted by Crippen LogP contribution is 2.19. The predicted octanol–water partition coefficient (Wildman–Crippen LogP) is 2.80. The Morgan fingerprint density at radius 2 is 2.10 bits per heavy atom. The van der Waals surface area contributed by atoms with Crippen molar-refractivity contribution < 1.29 is 23.1 Å². The van der Waals surface area contributed by atoms with Crippen molar-refractivity contribution in [1.82, 2.24) is 0 Å². The van der Waals surface area contributed by atoms with Gasteiger partial charge in [0.1, 0.15) is 11.6 Å². The zero-order valence-corrected chi connectivity index (χ0v) is 11.3. The van der Waals surface area contributed by atoms with E-state index in [9.17, 15) is 18.4 Å². The molecule has 1 aliphatic rings. The fraction of sp³-hybridized carbons (Fsp3) is 0.333. The van der Waals surface area contributed by atoms with Crippen molar-refractivity contribution in [2.45, 2.75) is 19.3 Å². The number of benzene rings is 1. The molecule has 112 valence electrons. The minimum Gasteiger partial charge on any atom is -0.455 e. The molecule has 21 heavy (non-hydrogen) atoms. The van der Waals surface area contributed by atoms with E-state index in [0.717, 1.165) is 18.6 Å². The Balaban J connectivity index is 1.81. The van der Waals surface area contributed by atoms with E-state index < -0.39 is 30.1 Å². The lowest BCUT2D eigenvalue weighted by Crippen LogP contribution is -2.25. The van der Waals surface area contributed by atoms with Crippen molar-refractivity contribution in [3.8, 4) is 0 Å². The van der Waals surface area contributed by atoms with Gasteiger partial charge in [0.2, 0.25) is 0 Å². The number of carbonyl (C=O) groups excluding carboxylic acids is 2. The molecule has 1 N–H and O–H groups in total. The molecule has 0 bridgehead atoms. The average Bonchev–Trinajstić information content (AvgIpc) is 2.48. The van der Waals surface area contributed by atoms with Crippen LogP contribution in [-0.2, 0) is 14.3 Å². The fourth-order valence-electron chi connectivity index (χ4n) is 2.04. The summed E-state index contributed by atoms with van der Waals surface area (Å²) in [5.41, 5.74) is -0.155. The highest BCUT2D eigenvalue weighted by atomic mass is 19.1. The minimum atomic E-state index is -0.882. The first-order chi connectivity index (χ1) is 10.1. The van der Waals surface area contributed by atoms with E-state index in [-0.39, 0.29) is 11.6 Å². The van der Waals surface area contributed by atoms with Crippen LogP contribution in [0.1, 0.15) is 19.3 Å². The van der Waals surface area contributed by atoms with Crippen LogP contribution < -0.4 is 5.32 Å². The van der Waals surface area contributed by atoms with Crippen LogP contribution in [0, 0.1) is 17.6 Å². The lowest BCUT2D eigenvalue weighted by atomic mass is 9.95. The summed E-state index contributed by atoms with van der Waals surface area (Å²) in [4.78, 5) is 23.3. The van der Waals surface area contributed by atoms with Gasteiger partial charge in [0.15, 0.2) is 6.61 Å². The van der Waals surface area contributed by atoms with Crippen LogP contribution in [0.4, 0.5) is 14.5 Å². The van der Waals surface area contributed by atoms with Crippen molar-refractivity contribution in [1.29, 1.82) is 0 Å². The molecule has 0 saturated carbocycles. The van der Waals surface area contributed by atoms with Gasteiger partial charge >= 0.3 is 5.97 Å². The smallest absolute Gasteiger partial charge is 0.309 e. The van der Waals surface area contributed by atoms with Crippen LogP contribution in [0.15, 0.2) is 30.4 Å². The molecule has 0 radical (unpaired) electrons. The molecule has 1 aliphatic carbocycles. The minimum absolute atomic E-state index is 0.155. The van der Waals surface area contributed by atoms with E-state index in [0.29, 0.717) is 18.9 Å². The van der Waals surface area contributed by atoms with E-state index in [1.54, 1.807) is 0 Å². The van der Waals surface area contributed by atoms with Gasteiger partial charge in [0, 0.05) is 6.07 Å². The van der Waals surface area contributed by atoms with Crippen LogP contribution in [0.5, 0.6) is 0 Å². The van der Waals surface area contributed by atoms with Crippen LogP contribution in [0.3, 0.4) is 0 Å². The molecule has 1 aromatic carbocycles. The zero-order chi connectivity index (χ0) is 15.2. The molecule has 0 aromatic heterocycles. The Kier molecular flexibility index (Phi) is 5.03. The number of halogens is 2. The second-order valence-corrected chi connectivity index (χ2v) is 4.76. The third-order valence-electron chi connectivity index (χ3n) is 3.15. The Hall–Kier alpha value is -2.24. The fourth-order valence-corrected chi connectivity index (χ4v) is 2.04. The van der Waals surface area contributed by atoms with E-state index in [4.69, 9.17) is 4.74 Å². The molecular weight excluding hydrogens is 280 g/mol. The monoisotopic (exact) mass is 295 g/mol. The first-order valence-electron chi connectivity index (χ1n) is 6.63. The van der Waals surface area contributed by atoms with Crippen molar-refractivity contribution >= 4 is 17.6 Å². The third kappa shape index (κ3) is 4.37. The van der Waals surface area contributed by atoms with Crippen molar-refractivity contribution in [3.63, 3.8) is 0 Å². The third-order valence-corrected chi connectivity index (χ3v) is 3.15. The van der Waals surface area contributed by atoms with Gasteiger partial charge in [-0.15, -0.1) is 0 Å². The molecule has 1 amide bonds. The van der Waals surface area contributed by atoms with Gasteiger partial charge in [-0.3, -0.25) is 9.59 Å². The largest absolute Gasteiger partial charge is 0.455 e. The SMILES string of the molecule is O=C(COC(=O)[C@H]1CC=CCC1)Nc1ccc(F)cc1F. The number of amides is 1. The molecule has 0 saturated heterocycles. The topological polar surface area (TPSA) is 55.4 Å². The number of allylic oxidation sites excluding steroid dienone is 2. The van der Waals surface area contributed by atoms with Crippen LogP contribution in [-0.4, -0.2) is 18.5 Å².